The van der Waals surface area contributed by atoms with Gasteiger partial charge in [0.2, 0.25) is 0 Å². The average Bonchev–Trinajstić information content (AvgIpc) is 2.54. The first kappa shape index (κ1) is 17.2. The molecule has 0 heterocycles. The van der Waals surface area contributed by atoms with Crippen molar-refractivity contribution >= 4 is 18.3 Å². The molecule has 2 aliphatic rings. The van der Waals surface area contributed by atoms with Crippen LogP contribution in [0.2, 0.25) is 5.54 Å². The molecule has 21 heavy (non-hydrogen) atoms. The van der Waals surface area contributed by atoms with Gasteiger partial charge in [-0.3, -0.25) is 0 Å². The summed E-state index contributed by atoms with van der Waals surface area (Å²) < 4.78 is 5.69. The fourth-order valence-corrected chi connectivity index (χ4v) is 7.83. The first-order chi connectivity index (χ1) is 10.2. The zero-order valence-corrected chi connectivity index (χ0v) is 17.3. The van der Waals surface area contributed by atoms with Gasteiger partial charge in [0.1, 0.15) is 0 Å². The molecule has 0 amide bonds. The first-order valence-electron chi connectivity index (χ1n) is 9.06. The van der Waals surface area contributed by atoms with E-state index in [-0.39, 0.29) is 0 Å². The molecule has 0 aliphatic heterocycles. The summed E-state index contributed by atoms with van der Waals surface area (Å²) in [7, 11) is 2.51. The Kier molecular flexibility index (Phi) is 7.48. The van der Waals surface area contributed by atoms with Crippen molar-refractivity contribution in [1.82, 2.24) is 0 Å². The largest absolute Gasteiger partial charge is 0.427 e. The van der Waals surface area contributed by atoms with Gasteiger partial charge in [-0.1, -0.05) is 17.7 Å². The molecule has 0 spiro atoms. The summed E-state index contributed by atoms with van der Waals surface area (Å²) in [6, 6.07) is 0. The van der Waals surface area contributed by atoms with E-state index in [2.05, 4.69) is 18.7 Å². The third-order valence-electron chi connectivity index (χ3n) is 5.85. The molecule has 2 rings (SSSR count). The Hall–Kier alpha value is -0.126. The van der Waals surface area contributed by atoms with Gasteiger partial charge in [-0.25, -0.2) is 0 Å². The van der Waals surface area contributed by atoms with Crippen molar-refractivity contribution in [1.29, 1.82) is 0 Å². The molecule has 3 heteroatoms. The van der Waals surface area contributed by atoms with E-state index in [1.807, 2.05) is 7.11 Å². The van der Waals surface area contributed by atoms with Crippen molar-refractivity contribution in [2.75, 3.05) is 7.11 Å². The van der Waals surface area contributed by atoms with Gasteiger partial charge >= 0.3 is 0 Å². The predicted molar refractivity (Wildman–Crippen MR) is 99.3 cm³/mol. The molecule has 0 aromatic rings. The fraction of sp³-hybridized carbons (Fsp3) is 0.778. The van der Waals surface area contributed by atoms with Gasteiger partial charge in [0.05, 0.1) is 0 Å². The number of hydrogen-bond acceptors (Lipinski definition) is 1. The second-order valence-corrected chi connectivity index (χ2v) is 13.5. The molecule has 0 radical (unpaired) electrons. The van der Waals surface area contributed by atoms with Crippen molar-refractivity contribution in [2.45, 2.75) is 69.7 Å². The summed E-state index contributed by atoms with van der Waals surface area (Å²) in [5.41, 5.74) is 2.76. The lowest BCUT2D eigenvalue weighted by atomic mass is 9.78. The van der Waals surface area contributed by atoms with Gasteiger partial charge in [-0.05, 0) is 81.6 Å². The summed E-state index contributed by atoms with van der Waals surface area (Å²) in [4.78, 5) is 0. The Morgan fingerprint density at radius 1 is 1.19 bits per heavy atom. The van der Waals surface area contributed by atoms with Crippen LogP contribution < -0.4 is 0 Å². The second-order valence-electron chi connectivity index (χ2n) is 7.25. The van der Waals surface area contributed by atoms with Crippen molar-refractivity contribution in [3.63, 3.8) is 0 Å². The fourth-order valence-electron chi connectivity index (χ4n) is 4.17. The molecule has 2 saturated carbocycles. The van der Waals surface area contributed by atoms with E-state index < -0.39 is 8.56 Å². The third-order valence-corrected chi connectivity index (χ3v) is 12.8. The molecule has 120 valence electrons. The summed E-state index contributed by atoms with van der Waals surface area (Å²) >= 11 is 0. The number of allylic oxidation sites excluding steroid dienone is 3. The van der Waals surface area contributed by atoms with Crippen LogP contribution in [0.1, 0.15) is 64.2 Å². The van der Waals surface area contributed by atoms with E-state index in [0.717, 1.165) is 17.4 Å². The molecule has 0 saturated heterocycles. The van der Waals surface area contributed by atoms with Crippen LogP contribution in [-0.4, -0.2) is 25.4 Å². The minimum Gasteiger partial charge on any atom is -0.427 e. The quantitative estimate of drug-likeness (QED) is 0.533. The van der Waals surface area contributed by atoms with Crippen molar-refractivity contribution in [2.24, 2.45) is 11.8 Å². The van der Waals surface area contributed by atoms with Crippen LogP contribution in [-0.2, 0) is 4.43 Å². The number of rotatable bonds is 6. The lowest BCUT2D eigenvalue weighted by Gasteiger charge is -2.30. The summed E-state index contributed by atoms with van der Waals surface area (Å²) in [5, 5.41) is 0. The summed E-state index contributed by atoms with van der Waals surface area (Å²) in [6.07, 6.45) is 18.7. The molecular weight excluding hydrogens is 288 g/mol. The van der Waals surface area contributed by atoms with E-state index in [1.54, 1.807) is 5.57 Å². The van der Waals surface area contributed by atoms with Gasteiger partial charge in [0.25, 0.3) is 0 Å². The molecule has 0 N–H and O–H groups in total. The Bertz CT molecular complexity index is 335. The molecule has 1 unspecified atom stereocenters. The van der Waals surface area contributed by atoms with Crippen molar-refractivity contribution < 1.29 is 4.43 Å². The Morgan fingerprint density at radius 2 is 1.86 bits per heavy atom. The SMILES string of the molecule is C=CCC[C@H]1CC[C@H](C=C2CCC([SiH]([SiH3])OC)CC2)CC1. The van der Waals surface area contributed by atoms with E-state index in [0.29, 0.717) is 0 Å². The molecule has 0 aromatic carbocycles. The topological polar surface area (TPSA) is 9.23 Å². The summed E-state index contributed by atoms with van der Waals surface area (Å²) in [5.74, 6) is 1.87. The van der Waals surface area contributed by atoms with Crippen LogP contribution in [0.5, 0.6) is 0 Å². The monoisotopic (exact) mass is 322 g/mol. The van der Waals surface area contributed by atoms with Crippen LogP contribution in [0.4, 0.5) is 0 Å². The minimum atomic E-state index is -0.751. The standard InChI is InChI=1S/C18H34OSi2/c1-3-4-5-15-6-8-16(9-7-15)14-17-10-12-18(13-11-17)21(20)19-2/h3,14-16,18,21H,1,4-13H2,2,20H3/t15-,16-,18?,21?. The Labute approximate surface area is 136 Å². The molecule has 1 nitrogen and oxygen atoms in total. The van der Waals surface area contributed by atoms with E-state index in [4.69, 9.17) is 4.43 Å². The Morgan fingerprint density at radius 3 is 2.43 bits per heavy atom. The van der Waals surface area contributed by atoms with Gasteiger partial charge < -0.3 is 4.43 Å². The van der Waals surface area contributed by atoms with Gasteiger partial charge in [0.15, 0.2) is 8.56 Å². The highest BCUT2D eigenvalue weighted by Crippen LogP contribution is 2.37. The summed E-state index contributed by atoms with van der Waals surface area (Å²) in [6.45, 7) is 3.85. The minimum absolute atomic E-state index is 0.751. The highest BCUT2D eigenvalue weighted by molar-refractivity contribution is 7.00. The predicted octanol–water partition coefficient (Wildman–Crippen LogP) is 3.86. The zero-order valence-electron chi connectivity index (χ0n) is 14.2. The van der Waals surface area contributed by atoms with Gasteiger partial charge in [0, 0.05) is 16.9 Å². The third kappa shape index (κ3) is 5.53. The van der Waals surface area contributed by atoms with Gasteiger partial charge in [-0.2, -0.15) is 0 Å². The maximum atomic E-state index is 5.69. The van der Waals surface area contributed by atoms with E-state index in [1.165, 1.54) is 74.0 Å². The lowest BCUT2D eigenvalue weighted by Crippen LogP contribution is -2.26. The van der Waals surface area contributed by atoms with Crippen LogP contribution in [0.15, 0.2) is 24.3 Å². The van der Waals surface area contributed by atoms with Crippen molar-refractivity contribution in [3.8, 4) is 0 Å². The van der Waals surface area contributed by atoms with Crippen LogP contribution in [0.25, 0.3) is 0 Å². The van der Waals surface area contributed by atoms with E-state index >= 15 is 0 Å². The Balaban J connectivity index is 1.72. The molecule has 0 bridgehead atoms. The lowest BCUT2D eigenvalue weighted by molar-refractivity contribution is 0.296. The van der Waals surface area contributed by atoms with Crippen LogP contribution in [0.3, 0.4) is 0 Å². The molecule has 1 atom stereocenters. The maximum Gasteiger partial charge on any atom is 0.156 e. The highest BCUT2D eigenvalue weighted by Gasteiger charge is 2.24. The van der Waals surface area contributed by atoms with Gasteiger partial charge in [-0.15, -0.1) is 6.58 Å². The molecule has 2 fully saturated rings. The molecule has 2 aliphatic carbocycles. The van der Waals surface area contributed by atoms with Crippen LogP contribution in [0, 0.1) is 11.8 Å². The second kappa shape index (κ2) is 9.11. The maximum absolute atomic E-state index is 5.69. The first-order valence-corrected chi connectivity index (χ1v) is 14.8. The zero-order chi connectivity index (χ0) is 15.1. The molecular formula is C18H34OSi2. The van der Waals surface area contributed by atoms with Crippen molar-refractivity contribution in [3.05, 3.63) is 24.3 Å². The van der Waals surface area contributed by atoms with Crippen LogP contribution >= 0.6 is 0 Å². The smallest absolute Gasteiger partial charge is 0.156 e. The highest BCUT2D eigenvalue weighted by atomic mass is 29.2. The number of hydrogen-bond donors (Lipinski definition) is 0. The van der Waals surface area contributed by atoms with E-state index in [9.17, 15) is 0 Å². The molecule has 0 aromatic heterocycles. The normalized spacial score (nSPS) is 31.9. The average molecular weight is 323 g/mol.